The molecule has 5 heterocycles. The highest BCUT2D eigenvalue weighted by Gasteiger charge is 2.52. The van der Waals surface area contributed by atoms with Crippen LogP contribution in [-0.4, -0.2) is 84.0 Å². The van der Waals surface area contributed by atoms with Gasteiger partial charge in [-0.2, -0.15) is 0 Å². The number of piperidine rings is 2. The maximum atomic E-state index is 13.9. The fraction of sp³-hybridized carbons (Fsp3) is 0.971. The van der Waals surface area contributed by atoms with Crippen LogP contribution in [0.15, 0.2) is 0 Å². The summed E-state index contributed by atoms with van der Waals surface area (Å²) >= 11 is 1.91. The molecule has 5 saturated heterocycles. The van der Waals surface area contributed by atoms with Crippen molar-refractivity contribution in [2.24, 2.45) is 35.0 Å². The van der Waals surface area contributed by atoms with Crippen molar-refractivity contribution in [3.05, 3.63) is 0 Å². The summed E-state index contributed by atoms with van der Waals surface area (Å²) < 4.78 is 10.4. The Kier molecular flexibility index (Phi) is 8.81. The number of rotatable bonds is 4. The maximum absolute atomic E-state index is 13.9. The van der Waals surface area contributed by atoms with Crippen LogP contribution in [0, 0.1) is 35.0 Å². The van der Waals surface area contributed by atoms with Crippen LogP contribution in [0.25, 0.3) is 0 Å². The summed E-state index contributed by atoms with van der Waals surface area (Å²) in [6.45, 7) is 9.85. The van der Waals surface area contributed by atoms with Crippen molar-refractivity contribution in [1.29, 1.82) is 0 Å². The van der Waals surface area contributed by atoms with Gasteiger partial charge in [-0.3, -0.25) is 25.1 Å². The predicted octanol–water partition coefficient (Wildman–Crippen LogP) is 4.62. The summed E-state index contributed by atoms with van der Waals surface area (Å²) in [5.41, 5.74) is 0.535. The van der Waals surface area contributed by atoms with Crippen LogP contribution in [0.1, 0.15) is 110 Å². The van der Waals surface area contributed by atoms with E-state index < -0.39 is 0 Å². The van der Waals surface area contributed by atoms with Gasteiger partial charge >= 0.3 is 0 Å². The first-order valence-electron chi connectivity index (χ1n) is 18.7. The minimum Gasteiger partial charge on any atom is -0.368 e. The van der Waals surface area contributed by atoms with Crippen molar-refractivity contribution < 1.29 is 9.53 Å². The highest BCUT2D eigenvalue weighted by atomic mass is 32.2. The Morgan fingerprint density at radius 3 is 2.48 bits per heavy atom. The molecule has 8 bridgehead atoms. The normalized spacial score (nSPS) is 49.0. The monoisotopic (exact) mass is 628 g/mol. The number of hydrogen-bond acceptors (Lipinski definition) is 8. The first-order valence-corrected chi connectivity index (χ1v) is 19.5. The summed E-state index contributed by atoms with van der Waals surface area (Å²) in [5, 5.41) is 12.2. The fourth-order valence-corrected chi connectivity index (χ4v) is 12.8. The summed E-state index contributed by atoms with van der Waals surface area (Å²) in [6.07, 6.45) is 19.7. The van der Waals surface area contributed by atoms with E-state index in [2.05, 4.69) is 44.3 Å². The molecule has 4 N–H and O–H groups in total. The van der Waals surface area contributed by atoms with Gasteiger partial charge in [-0.05, 0) is 139 Å². The number of carbonyl (C=O) groups excluding carboxylic acids is 1. The number of likely N-dealkylation sites (tertiary alicyclic amines) is 1. The number of hydrogen-bond donors (Lipinski definition) is 4. The lowest BCUT2D eigenvalue weighted by Crippen LogP contribution is -2.65. The summed E-state index contributed by atoms with van der Waals surface area (Å²) in [4.78, 5) is 18.9. The first kappa shape index (κ1) is 30.9. The van der Waals surface area contributed by atoms with E-state index in [1.807, 2.05) is 11.9 Å². The Balaban J connectivity index is 0.927. The summed E-state index contributed by atoms with van der Waals surface area (Å²) in [6, 6.07) is 0. The zero-order chi connectivity index (χ0) is 29.9. The van der Waals surface area contributed by atoms with E-state index in [0.717, 1.165) is 75.7 Å². The van der Waals surface area contributed by atoms with Gasteiger partial charge < -0.3 is 15.0 Å². The molecule has 5 aliphatic heterocycles. The van der Waals surface area contributed by atoms with E-state index in [0.29, 0.717) is 22.9 Å². The second-order valence-corrected chi connectivity index (χ2v) is 18.3. The van der Waals surface area contributed by atoms with Gasteiger partial charge in [-0.25, -0.2) is 0 Å². The average molecular weight is 629 g/mol. The number of amides is 1. The van der Waals surface area contributed by atoms with Crippen molar-refractivity contribution >= 4 is 17.9 Å². The predicted molar refractivity (Wildman–Crippen MR) is 176 cm³/mol. The van der Waals surface area contributed by atoms with Gasteiger partial charge in [0.15, 0.2) is 0 Å². The molecule has 0 radical (unpaired) electrons. The van der Waals surface area contributed by atoms with E-state index in [1.54, 1.807) is 0 Å². The van der Waals surface area contributed by atoms with Crippen LogP contribution in [0.2, 0.25) is 0 Å². The van der Waals surface area contributed by atoms with Gasteiger partial charge in [0, 0.05) is 37.5 Å². The van der Waals surface area contributed by atoms with Gasteiger partial charge in [0.2, 0.25) is 0 Å². The molecule has 0 spiro atoms. The van der Waals surface area contributed by atoms with Crippen molar-refractivity contribution in [3.63, 3.8) is 0 Å². The molecular weight excluding hydrogens is 568 g/mol. The molecule has 8 nitrogen and oxygen atoms in total. The quantitative estimate of drug-likeness (QED) is 0.336. The zero-order valence-electron chi connectivity index (χ0n) is 27.5. The highest BCUT2D eigenvalue weighted by Crippen LogP contribution is 2.60. The van der Waals surface area contributed by atoms with Gasteiger partial charge in [-0.1, -0.05) is 11.9 Å². The third-order valence-corrected chi connectivity index (χ3v) is 14.4. The van der Waals surface area contributed by atoms with E-state index in [-0.39, 0.29) is 29.9 Å². The molecule has 7 unspecified atom stereocenters. The zero-order valence-corrected chi connectivity index (χ0v) is 28.4. The minimum atomic E-state index is -0.235. The molecule has 9 fully saturated rings. The Hall–Kier alpha value is -0.420. The third-order valence-electron chi connectivity index (χ3n) is 13.4. The lowest BCUT2D eigenvalue weighted by Gasteiger charge is -2.56. The Morgan fingerprint density at radius 2 is 1.68 bits per heavy atom. The van der Waals surface area contributed by atoms with Crippen LogP contribution < -0.4 is 20.7 Å². The Bertz CT molecular complexity index is 1010. The lowest BCUT2D eigenvalue weighted by atomic mass is 9.50. The van der Waals surface area contributed by atoms with Crippen molar-refractivity contribution in [1.82, 2.24) is 30.5 Å². The largest absolute Gasteiger partial charge is 0.368 e. The highest BCUT2D eigenvalue weighted by molar-refractivity contribution is 7.98. The average Bonchev–Trinajstić information content (AvgIpc) is 3.51. The number of nitrogens with one attached hydrogen (secondary N) is 4. The molecule has 44 heavy (non-hydrogen) atoms. The number of fused-ring (bicyclic) bond motifs is 6. The summed E-state index contributed by atoms with van der Waals surface area (Å²) in [5.74, 6) is 4.31. The van der Waals surface area contributed by atoms with Crippen LogP contribution >= 0.6 is 11.9 Å². The molecule has 9 aliphatic rings. The van der Waals surface area contributed by atoms with Gasteiger partial charge in [0.05, 0.1) is 30.5 Å². The molecule has 8 atom stereocenters. The molecule has 0 aromatic rings. The first-order chi connectivity index (χ1) is 21.3. The number of nitrogens with zero attached hydrogens (tertiary/aromatic N) is 2. The Morgan fingerprint density at radius 1 is 0.886 bits per heavy atom. The van der Waals surface area contributed by atoms with Crippen LogP contribution in [0.4, 0.5) is 0 Å². The summed E-state index contributed by atoms with van der Waals surface area (Å²) in [7, 11) is 0. The standard InChI is InChI=1S/C35H60N6O2S/c1-34(2)16-23-5-4-11-36-29-6-3-7-31(38-29)44-37-20-27-8-9-30(39-32(27)41(34)21-23)40-12-10-28(33(40)42)43-22-35-17-24-13-25(18-35)15-26(14-24)19-35/h23-32,36-39H,3-22H2,1-2H3/t23-,24?,25?,26?,27?,28?,29?,30?,31?,32?,35?/m0/s1. The van der Waals surface area contributed by atoms with Crippen molar-refractivity contribution in [2.75, 3.05) is 32.8 Å². The maximum Gasteiger partial charge on any atom is 0.253 e. The molecule has 248 valence electrons. The molecule has 4 aliphatic carbocycles. The van der Waals surface area contributed by atoms with Gasteiger partial charge in [0.25, 0.3) is 5.91 Å². The van der Waals surface area contributed by atoms with E-state index in [9.17, 15) is 4.79 Å². The van der Waals surface area contributed by atoms with E-state index >= 15 is 0 Å². The lowest BCUT2D eigenvalue weighted by molar-refractivity contribution is -0.149. The fourth-order valence-electron chi connectivity index (χ4n) is 11.8. The second-order valence-electron chi connectivity index (χ2n) is 17.2. The van der Waals surface area contributed by atoms with E-state index in [4.69, 9.17) is 4.74 Å². The molecular formula is C35H60N6O2S. The van der Waals surface area contributed by atoms with Crippen LogP contribution in [-0.2, 0) is 9.53 Å². The third kappa shape index (κ3) is 6.26. The van der Waals surface area contributed by atoms with Crippen molar-refractivity contribution in [2.45, 2.75) is 146 Å². The SMILES string of the molecule is CC1(C)C[C@@H]2CCCNC3CCCC(N3)SNCC3CCC(N4CCC(OCC56CC7CC(CC(C7)C5)C6)C4=O)NC3N1C2. The molecule has 0 aromatic heterocycles. The number of carbonyl (C=O) groups is 1. The topological polar surface area (TPSA) is 80.9 Å². The van der Waals surface area contributed by atoms with Gasteiger partial charge in [0.1, 0.15) is 6.10 Å². The number of ether oxygens (including phenoxy) is 1. The molecule has 4 saturated carbocycles. The van der Waals surface area contributed by atoms with Crippen LogP contribution in [0.3, 0.4) is 0 Å². The second kappa shape index (κ2) is 12.6. The Labute approximate surface area is 270 Å². The molecule has 0 aromatic carbocycles. The minimum absolute atomic E-state index is 0.117. The molecule has 9 heteroatoms. The van der Waals surface area contributed by atoms with Gasteiger partial charge in [-0.15, -0.1) is 0 Å². The molecule has 1 amide bonds. The molecule has 9 rings (SSSR count). The van der Waals surface area contributed by atoms with Crippen molar-refractivity contribution in [3.8, 4) is 0 Å². The van der Waals surface area contributed by atoms with Crippen LogP contribution in [0.5, 0.6) is 0 Å². The smallest absolute Gasteiger partial charge is 0.253 e. The van der Waals surface area contributed by atoms with E-state index in [1.165, 1.54) is 77.0 Å².